The van der Waals surface area contributed by atoms with Gasteiger partial charge in [0.15, 0.2) is 5.96 Å². The van der Waals surface area contributed by atoms with Gasteiger partial charge in [-0.1, -0.05) is 30.4 Å². The van der Waals surface area contributed by atoms with Crippen molar-refractivity contribution >= 4 is 16.9 Å². The summed E-state index contributed by atoms with van der Waals surface area (Å²) in [5, 5.41) is 8.17. The smallest absolute Gasteiger partial charge is 0.191 e. The summed E-state index contributed by atoms with van der Waals surface area (Å²) in [7, 11) is 0. The minimum Gasteiger partial charge on any atom is -0.361 e. The molecule has 1 heterocycles. The number of guanidine groups is 1. The molecule has 0 aliphatic heterocycles. The van der Waals surface area contributed by atoms with Gasteiger partial charge in [0.05, 0.1) is 0 Å². The van der Waals surface area contributed by atoms with Crippen LogP contribution < -0.4 is 10.6 Å². The normalized spacial score (nSPS) is 15.5. The fourth-order valence-electron chi connectivity index (χ4n) is 3.11. The van der Waals surface area contributed by atoms with Gasteiger partial charge in [-0.05, 0) is 44.2 Å². The molecule has 0 radical (unpaired) electrons. The maximum Gasteiger partial charge on any atom is 0.191 e. The average molecular weight is 310 g/mol. The Morgan fingerprint density at radius 2 is 2.13 bits per heavy atom. The Morgan fingerprint density at radius 1 is 1.30 bits per heavy atom. The SMILES string of the molecule is CCNC(=NCCc1c[nH]c2c(C)cccc12)NC1CC=CC1. The van der Waals surface area contributed by atoms with Crippen molar-refractivity contribution in [3.05, 3.63) is 47.7 Å². The number of nitrogens with zero attached hydrogens (tertiary/aromatic N) is 1. The van der Waals surface area contributed by atoms with Crippen molar-refractivity contribution in [2.75, 3.05) is 13.1 Å². The first kappa shape index (κ1) is 15.7. The van der Waals surface area contributed by atoms with E-state index in [0.717, 1.165) is 38.3 Å². The molecule has 0 fully saturated rings. The number of aliphatic imine (C=N–C) groups is 1. The van der Waals surface area contributed by atoms with Crippen LogP contribution in [0.4, 0.5) is 0 Å². The van der Waals surface area contributed by atoms with E-state index in [0.29, 0.717) is 6.04 Å². The first-order valence-electron chi connectivity index (χ1n) is 8.53. The molecule has 3 N–H and O–H groups in total. The van der Waals surface area contributed by atoms with Crippen molar-refractivity contribution in [2.24, 2.45) is 4.99 Å². The zero-order valence-electron chi connectivity index (χ0n) is 14.0. The molecule has 4 nitrogen and oxygen atoms in total. The molecule has 0 atom stereocenters. The largest absolute Gasteiger partial charge is 0.361 e. The van der Waals surface area contributed by atoms with Crippen LogP contribution in [-0.2, 0) is 6.42 Å². The van der Waals surface area contributed by atoms with Crippen molar-refractivity contribution < 1.29 is 0 Å². The monoisotopic (exact) mass is 310 g/mol. The van der Waals surface area contributed by atoms with Crippen LogP contribution in [0.15, 0.2) is 41.5 Å². The summed E-state index contributed by atoms with van der Waals surface area (Å²) >= 11 is 0. The van der Waals surface area contributed by atoms with E-state index in [1.54, 1.807) is 0 Å². The van der Waals surface area contributed by atoms with E-state index in [2.05, 4.69) is 66.0 Å². The van der Waals surface area contributed by atoms with Gasteiger partial charge in [0, 0.05) is 36.2 Å². The van der Waals surface area contributed by atoms with Gasteiger partial charge in [-0.3, -0.25) is 4.99 Å². The number of aromatic nitrogens is 1. The standard InChI is InChI=1S/C19H26N4/c1-3-20-19(23-16-8-4-5-9-16)21-12-11-15-13-22-18-14(2)7-6-10-17(15)18/h4-7,10,13,16,22H,3,8-9,11-12H2,1-2H3,(H2,20,21,23). The fraction of sp³-hybridized carbons (Fsp3) is 0.421. The number of para-hydroxylation sites is 1. The Bertz CT molecular complexity index is 703. The summed E-state index contributed by atoms with van der Waals surface area (Å²) in [6.45, 7) is 5.92. The minimum atomic E-state index is 0.489. The molecule has 2 aromatic rings. The first-order valence-corrected chi connectivity index (χ1v) is 8.53. The Morgan fingerprint density at radius 3 is 2.91 bits per heavy atom. The maximum atomic E-state index is 4.73. The molecule has 1 aliphatic carbocycles. The Kier molecular flexibility index (Phi) is 5.01. The van der Waals surface area contributed by atoms with Gasteiger partial charge in [-0.25, -0.2) is 0 Å². The highest BCUT2D eigenvalue weighted by atomic mass is 15.2. The summed E-state index contributed by atoms with van der Waals surface area (Å²) in [5.74, 6) is 0.928. The zero-order valence-corrected chi connectivity index (χ0v) is 14.0. The van der Waals surface area contributed by atoms with E-state index in [4.69, 9.17) is 4.99 Å². The van der Waals surface area contributed by atoms with E-state index >= 15 is 0 Å². The first-order chi connectivity index (χ1) is 11.3. The van der Waals surface area contributed by atoms with Crippen LogP contribution in [0.1, 0.15) is 30.9 Å². The second-order valence-electron chi connectivity index (χ2n) is 6.11. The lowest BCUT2D eigenvalue weighted by molar-refractivity contribution is 0.633. The van der Waals surface area contributed by atoms with Crippen molar-refractivity contribution in [2.45, 2.75) is 39.2 Å². The third-order valence-electron chi connectivity index (χ3n) is 4.35. The molecule has 0 bridgehead atoms. The van der Waals surface area contributed by atoms with Gasteiger partial charge >= 0.3 is 0 Å². The highest BCUT2D eigenvalue weighted by Crippen LogP contribution is 2.21. The van der Waals surface area contributed by atoms with Crippen LogP contribution in [0.3, 0.4) is 0 Å². The third-order valence-corrected chi connectivity index (χ3v) is 4.35. The van der Waals surface area contributed by atoms with Crippen LogP contribution in [0, 0.1) is 6.92 Å². The average Bonchev–Trinajstić information content (AvgIpc) is 3.18. The van der Waals surface area contributed by atoms with Crippen molar-refractivity contribution in [3.8, 4) is 0 Å². The second-order valence-corrected chi connectivity index (χ2v) is 6.11. The molecule has 0 amide bonds. The van der Waals surface area contributed by atoms with E-state index in [1.165, 1.54) is 22.0 Å². The lowest BCUT2D eigenvalue weighted by Gasteiger charge is -2.16. The van der Waals surface area contributed by atoms with Gasteiger partial charge in [0.2, 0.25) is 0 Å². The van der Waals surface area contributed by atoms with Crippen LogP contribution in [0.2, 0.25) is 0 Å². The van der Waals surface area contributed by atoms with Crippen LogP contribution in [0.25, 0.3) is 10.9 Å². The third kappa shape index (κ3) is 3.76. The highest BCUT2D eigenvalue weighted by molar-refractivity contribution is 5.86. The van der Waals surface area contributed by atoms with Gasteiger partial charge in [0.1, 0.15) is 0 Å². The predicted octanol–water partition coefficient (Wildman–Crippen LogP) is 3.29. The fourth-order valence-corrected chi connectivity index (χ4v) is 3.11. The molecule has 23 heavy (non-hydrogen) atoms. The molecule has 3 rings (SSSR count). The quantitative estimate of drug-likeness (QED) is 0.451. The van der Waals surface area contributed by atoms with Crippen LogP contribution in [-0.4, -0.2) is 30.1 Å². The molecular formula is C19H26N4. The molecule has 122 valence electrons. The molecule has 4 heteroatoms. The molecule has 0 saturated heterocycles. The minimum absolute atomic E-state index is 0.489. The molecule has 1 aromatic carbocycles. The van der Waals surface area contributed by atoms with Crippen LogP contribution in [0.5, 0.6) is 0 Å². The summed E-state index contributed by atoms with van der Waals surface area (Å²) in [6.07, 6.45) is 9.71. The summed E-state index contributed by atoms with van der Waals surface area (Å²) in [4.78, 5) is 8.12. The number of aromatic amines is 1. The molecule has 1 aliphatic rings. The Balaban J connectivity index is 1.63. The summed E-state index contributed by atoms with van der Waals surface area (Å²) in [6, 6.07) is 6.94. The molecular weight excluding hydrogens is 284 g/mol. The Hall–Kier alpha value is -2.23. The number of fused-ring (bicyclic) bond motifs is 1. The lowest BCUT2D eigenvalue weighted by atomic mass is 10.1. The molecule has 0 saturated carbocycles. The number of H-pyrrole nitrogens is 1. The number of nitrogens with one attached hydrogen (secondary N) is 3. The van der Waals surface area contributed by atoms with Crippen LogP contribution >= 0.6 is 0 Å². The van der Waals surface area contributed by atoms with Gasteiger partial charge in [-0.15, -0.1) is 0 Å². The zero-order chi connectivity index (χ0) is 16.1. The van der Waals surface area contributed by atoms with Gasteiger partial charge < -0.3 is 15.6 Å². The van der Waals surface area contributed by atoms with E-state index in [9.17, 15) is 0 Å². The summed E-state index contributed by atoms with van der Waals surface area (Å²) < 4.78 is 0. The van der Waals surface area contributed by atoms with E-state index in [1.807, 2.05) is 0 Å². The van der Waals surface area contributed by atoms with Gasteiger partial charge in [0.25, 0.3) is 0 Å². The highest BCUT2D eigenvalue weighted by Gasteiger charge is 2.11. The second kappa shape index (κ2) is 7.36. The number of hydrogen-bond donors (Lipinski definition) is 3. The number of benzene rings is 1. The summed E-state index contributed by atoms with van der Waals surface area (Å²) in [5.41, 5.74) is 3.88. The molecule has 1 aromatic heterocycles. The van der Waals surface area contributed by atoms with E-state index < -0.39 is 0 Å². The van der Waals surface area contributed by atoms with Crippen molar-refractivity contribution in [1.82, 2.24) is 15.6 Å². The number of rotatable bonds is 5. The Labute approximate surface area is 138 Å². The topological polar surface area (TPSA) is 52.2 Å². The number of aryl methyl sites for hydroxylation is 1. The number of hydrogen-bond acceptors (Lipinski definition) is 1. The van der Waals surface area contributed by atoms with Crippen molar-refractivity contribution in [1.29, 1.82) is 0 Å². The molecule has 0 spiro atoms. The van der Waals surface area contributed by atoms with Crippen molar-refractivity contribution in [3.63, 3.8) is 0 Å². The van der Waals surface area contributed by atoms with E-state index in [-0.39, 0.29) is 0 Å². The maximum absolute atomic E-state index is 4.73. The predicted molar refractivity (Wildman–Crippen MR) is 98.0 cm³/mol. The molecule has 0 unspecified atom stereocenters. The van der Waals surface area contributed by atoms with Gasteiger partial charge in [-0.2, -0.15) is 0 Å². The lowest BCUT2D eigenvalue weighted by Crippen LogP contribution is -2.42.